The first-order chi connectivity index (χ1) is 14.5. The van der Waals surface area contributed by atoms with Gasteiger partial charge in [0, 0.05) is 11.1 Å². The van der Waals surface area contributed by atoms with Crippen LogP contribution in [0, 0.1) is 23.7 Å². The maximum atomic E-state index is 12.6. The van der Waals surface area contributed by atoms with Crippen LogP contribution in [-0.2, 0) is 6.18 Å². The number of benzene rings is 4. The lowest BCUT2D eigenvalue weighted by Crippen LogP contribution is -2.03. The SMILES string of the molecule is FC(F)(F)c1ccc(C#CC#Cc2ccccc2-c2ccc3ccccc3c2)cc1. The Morgan fingerprint density at radius 2 is 1.27 bits per heavy atom. The largest absolute Gasteiger partial charge is 0.416 e. The second-order valence-corrected chi connectivity index (χ2v) is 6.68. The molecule has 30 heavy (non-hydrogen) atoms. The monoisotopic (exact) mass is 396 g/mol. The van der Waals surface area contributed by atoms with Crippen LogP contribution in [0.4, 0.5) is 13.2 Å². The summed E-state index contributed by atoms with van der Waals surface area (Å²) in [6.07, 6.45) is -4.35. The van der Waals surface area contributed by atoms with Crippen molar-refractivity contribution in [3.05, 3.63) is 108 Å². The molecular weight excluding hydrogens is 381 g/mol. The van der Waals surface area contributed by atoms with Crippen molar-refractivity contribution in [3.8, 4) is 34.8 Å². The predicted octanol–water partition coefficient (Wildman–Crippen LogP) is 6.93. The van der Waals surface area contributed by atoms with E-state index in [1.54, 1.807) is 0 Å². The molecule has 0 aliphatic carbocycles. The highest BCUT2D eigenvalue weighted by Crippen LogP contribution is 2.29. The molecule has 3 heteroatoms. The van der Waals surface area contributed by atoms with Gasteiger partial charge in [-0.15, -0.1) is 0 Å². The fourth-order valence-electron chi connectivity index (χ4n) is 3.15. The maximum Gasteiger partial charge on any atom is 0.416 e. The van der Waals surface area contributed by atoms with E-state index in [4.69, 9.17) is 0 Å². The van der Waals surface area contributed by atoms with Crippen LogP contribution in [0.3, 0.4) is 0 Å². The van der Waals surface area contributed by atoms with Crippen molar-refractivity contribution in [2.45, 2.75) is 6.18 Å². The minimum Gasteiger partial charge on any atom is -0.166 e. The molecule has 0 atom stereocenters. The Bertz CT molecular complexity index is 1320. The molecule has 4 aromatic rings. The normalized spacial score (nSPS) is 10.6. The van der Waals surface area contributed by atoms with Gasteiger partial charge in [-0.2, -0.15) is 13.2 Å². The molecule has 4 rings (SSSR count). The van der Waals surface area contributed by atoms with Gasteiger partial charge in [0.05, 0.1) is 5.56 Å². The highest BCUT2D eigenvalue weighted by atomic mass is 19.4. The molecule has 0 radical (unpaired) electrons. The molecule has 0 heterocycles. The van der Waals surface area contributed by atoms with E-state index >= 15 is 0 Å². The topological polar surface area (TPSA) is 0 Å². The number of hydrogen-bond acceptors (Lipinski definition) is 0. The van der Waals surface area contributed by atoms with Crippen molar-refractivity contribution in [1.29, 1.82) is 0 Å². The van der Waals surface area contributed by atoms with Crippen molar-refractivity contribution in [2.24, 2.45) is 0 Å². The Morgan fingerprint density at radius 1 is 0.600 bits per heavy atom. The fourth-order valence-corrected chi connectivity index (χ4v) is 3.15. The van der Waals surface area contributed by atoms with E-state index < -0.39 is 11.7 Å². The van der Waals surface area contributed by atoms with Gasteiger partial charge in [-0.3, -0.25) is 0 Å². The summed E-state index contributed by atoms with van der Waals surface area (Å²) < 4.78 is 37.9. The van der Waals surface area contributed by atoms with Crippen LogP contribution in [-0.4, -0.2) is 0 Å². The van der Waals surface area contributed by atoms with E-state index in [0.717, 1.165) is 34.2 Å². The van der Waals surface area contributed by atoms with Gasteiger partial charge in [0.15, 0.2) is 0 Å². The van der Waals surface area contributed by atoms with Crippen LogP contribution in [0.25, 0.3) is 21.9 Å². The standard InChI is InChI=1S/C27H15F3/c28-27(29,30)25-17-13-20(14-18-25)7-1-2-9-22-10-5-6-12-26(22)24-16-15-21-8-3-4-11-23(21)19-24/h3-6,8,10-19H. The first-order valence-corrected chi connectivity index (χ1v) is 9.28. The molecule has 0 spiro atoms. The number of alkyl halides is 3. The molecule has 0 saturated carbocycles. The molecule has 0 aromatic heterocycles. The second kappa shape index (κ2) is 8.19. The fraction of sp³-hybridized carbons (Fsp3) is 0.0370. The lowest BCUT2D eigenvalue weighted by molar-refractivity contribution is -0.137. The molecular formula is C27H15F3. The Hall–Kier alpha value is -3.95. The van der Waals surface area contributed by atoms with E-state index in [0.29, 0.717) is 5.56 Å². The number of hydrogen-bond donors (Lipinski definition) is 0. The first-order valence-electron chi connectivity index (χ1n) is 9.28. The zero-order chi connectivity index (χ0) is 21.0. The number of fused-ring (bicyclic) bond motifs is 1. The molecule has 0 nitrogen and oxygen atoms in total. The number of halogens is 3. The second-order valence-electron chi connectivity index (χ2n) is 6.68. The summed E-state index contributed by atoms with van der Waals surface area (Å²) in [7, 11) is 0. The van der Waals surface area contributed by atoms with Crippen LogP contribution < -0.4 is 0 Å². The smallest absolute Gasteiger partial charge is 0.166 e. The third kappa shape index (κ3) is 4.37. The third-order valence-corrected chi connectivity index (χ3v) is 4.67. The molecule has 0 unspecified atom stereocenters. The van der Waals surface area contributed by atoms with E-state index in [-0.39, 0.29) is 0 Å². The summed E-state index contributed by atoms with van der Waals surface area (Å²) in [5, 5.41) is 2.33. The van der Waals surface area contributed by atoms with Gasteiger partial charge in [-0.1, -0.05) is 66.4 Å². The summed E-state index contributed by atoms with van der Waals surface area (Å²) >= 11 is 0. The molecule has 0 aliphatic heterocycles. The molecule has 144 valence electrons. The maximum absolute atomic E-state index is 12.6. The van der Waals surface area contributed by atoms with Gasteiger partial charge < -0.3 is 0 Å². The molecule has 0 N–H and O–H groups in total. The Labute approximate surface area is 173 Å². The molecule has 4 aromatic carbocycles. The van der Waals surface area contributed by atoms with Crippen molar-refractivity contribution in [3.63, 3.8) is 0 Å². The average molecular weight is 396 g/mol. The lowest BCUT2D eigenvalue weighted by atomic mass is 9.97. The summed E-state index contributed by atoms with van der Waals surface area (Å²) in [5.74, 6) is 11.4. The van der Waals surface area contributed by atoms with Crippen molar-refractivity contribution in [2.75, 3.05) is 0 Å². The minimum atomic E-state index is -4.35. The van der Waals surface area contributed by atoms with E-state index in [2.05, 4.69) is 54.0 Å². The summed E-state index contributed by atoms with van der Waals surface area (Å²) in [6.45, 7) is 0. The quantitative estimate of drug-likeness (QED) is 0.306. The van der Waals surface area contributed by atoms with Gasteiger partial charge >= 0.3 is 6.18 Å². The molecule has 0 bridgehead atoms. The predicted molar refractivity (Wildman–Crippen MR) is 115 cm³/mol. The van der Waals surface area contributed by atoms with Gasteiger partial charge in [-0.25, -0.2) is 0 Å². The van der Waals surface area contributed by atoms with Crippen LogP contribution in [0.2, 0.25) is 0 Å². The molecule has 0 fully saturated rings. The Morgan fingerprint density at radius 3 is 2.03 bits per heavy atom. The van der Waals surface area contributed by atoms with Crippen molar-refractivity contribution < 1.29 is 13.2 Å². The highest BCUT2D eigenvalue weighted by Gasteiger charge is 2.29. The van der Waals surface area contributed by atoms with Crippen LogP contribution in [0.1, 0.15) is 16.7 Å². The van der Waals surface area contributed by atoms with Gasteiger partial charge in [0.1, 0.15) is 0 Å². The zero-order valence-electron chi connectivity index (χ0n) is 15.8. The van der Waals surface area contributed by atoms with Crippen LogP contribution in [0.5, 0.6) is 0 Å². The minimum absolute atomic E-state index is 0.486. The molecule has 0 amide bonds. The van der Waals surface area contributed by atoms with E-state index in [9.17, 15) is 13.2 Å². The summed E-state index contributed by atoms with van der Waals surface area (Å²) in [4.78, 5) is 0. The Balaban J connectivity index is 1.60. The molecule has 0 aliphatic rings. The third-order valence-electron chi connectivity index (χ3n) is 4.67. The summed E-state index contributed by atoms with van der Waals surface area (Å²) in [6, 6.07) is 27.0. The van der Waals surface area contributed by atoms with Crippen molar-refractivity contribution in [1.82, 2.24) is 0 Å². The first kappa shape index (κ1) is 19.4. The molecule has 0 saturated heterocycles. The van der Waals surface area contributed by atoms with E-state index in [1.165, 1.54) is 17.5 Å². The van der Waals surface area contributed by atoms with Gasteiger partial charge in [0.2, 0.25) is 0 Å². The van der Waals surface area contributed by atoms with Crippen LogP contribution in [0.15, 0.2) is 91.0 Å². The van der Waals surface area contributed by atoms with Crippen molar-refractivity contribution >= 4 is 10.8 Å². The Kier molecular flexibility index (Phi) is 5.29. The average Bonchev–Trinajstić information content (AvgIpc) is 2.76. The summed E-state index contributed by atoms with van der Waals surface area (Å²) in [5.41, 5.74) is 2.71. The van der Waals surface area contributed by atoms with Crippen LogP contribution >= 0.6 is 0 Å². The van der Waals surface area contributed by atoms with Gasteiger partial charge in [-0.05, 0) is 70.1 Å². The number of rotatable bonds is 1. The highest BCUT2D eigenvalue weighted by molar-refractivity contribution is 5.88. The van der Waals surface area contributed by atoms with Gasteiger partial charge in [0.25, 0.3) is 0 Å². The van der Waals surface area contributed by atoms with E-state index in [1.807, 2.05) is 36.4 Å². The zero-order valence-corrected chi connectivity index (χ0v) is 15.8. The lowest BCUT2D eigenvalue weighted by Gasteiger charge is -2.06.